The third kappa shape index (κ3) is 2.15. The Morgan fingerprint density at radius 3 is 2.79 bits per heavy atom. The molecule has 2 aromatic rings. The zero-order valence-corrected chi connectivity index (χ0v) is 10.6. The van der Waals surface area contributed by atoms with Gasteiger partial charge in [-0.15, -0.1) is 0 Å². The molecule has 1 aliphatic rings. The quantitative estimate of drug-likeness (QED) is 0.827. The zero-order valence-electron chi connectivity index (χ0n) is 10.6. The van der Waals surface area contributed by atoms with Crippen molar-refractivity contribution in [2.24, 2.45) is 0 Å². The lowest BCUT2D eigenvalue weighted by Crippen LogP contribution is -2.36. The Kier molecular flexibility index (Phi) is 3.09. The number of fused-ring (bicyclic) bond motifs is 1. The van der Waals surface area contributed by atoms with Gasteiger partial charge >= 0.3 is 0 Å². The molecule has 0 saturated carbocycles. The topological polar surface area (TPSA) is 42.7 Å². The molecule has 3 rings (SSSR count). The smallest absolute Gasteiger partial charge is 0.200 e. The van der Waals surface area contributed by atoms with Gasteiger partial charge in [-0.2, -0.15) is 0 Å². The number of benzene rings is 1. The average Bonchev–Trinajstić information content (AvgIpc) is 2.47. The lowest BCUT2D eigenvalue weighted by Gasteiger charge is -2.27. The molecule has 1 fully saturated rings. The molecule has 0 bridgehead atoms. The van der Waals surface area contributed by atoms with Crippen molar-refractivity contribution in [1.82, 2.24) is 0 Å². The minimum Gasteiger partial charge on any atom is -0.440 e. The third-order valence-electron chi connectivity index (χ3n) is 3.31. The van der Waals surface area contributed by atoms with E-state index < -0.39 is 0 Å². The highest BCUT2D eigenvalue weighted by Gasteiger charge is 2.15. The lowest BCUT2D eigenvalue weighted by molar-refractivity contribution is 0.121. The monoisotopic (exact) mass is 257 g/mol. The molecule has 0 radical (unpaired) electrons. The van der Waals surface area contributed by atoms with Crippen LogP contribution in [0.2, 0.25) is 0 Å². The summed E-state index contributed by atoms with van der Waals surface area (Å²) in [5.74, 6) is 0.607. The standard InChI is InChI=1S/C15H15NO3/c1-2-11-4-3-5-12-13(17)10-14(19-15(11)12)16-6-8-18-9-7-16/h2-5,10H,1,6-9H2. The lowest BCUT2D eigenvalue weighted by atomic mass is 10.1. The van der Waals surface area contributed by atoms with E-state index in [9.17, 15) is 4.79 Å². The fourth-order valence-electron chi connectivity index (χ4n) is 2.29. The Morgan fingerprint density at radius 1 is 1.26 bits per heavy atom. The van der Waals surface area contributed by atoms with E-state index in [1.165, 1.54) is 0 Å². The number of ether oxygens (including phenoxy) is 1. The van der Waals surface area contributed by atoms with Crippen LogP contribution in [0.1, 0.15) is 5.56 Å². The number of para-hydroxylation sites is 1. The number of anilines is 1. The maximum Gasteiger partial charge on any atom is 0.200 e. The van der Waals surface area contributed by atoms with Crippen LogP contribution in [0.25, 0.3) is 17.0 Å². The average molecular weight is 257 g/mol. The molecule has 98 valence electrons. The van der Waals surface area contributed by atoms with Crippen molar-refractivity contribution in [3.8, 4) is 0 Å². The third-order valence-corrected chi connectivity index (χ3v) is 3.31. The van der Waals surface area contributed by atoms with E-state index in [1.54, 1.807) is 18.2 Å². The molecule has 0 spiro atoms. The molecule has 19 heavy (non-hydrogen) atoms. The molecular weight excluding hydrogens is 242 g/mol. The SMILES string of the molecule is C=Cc1cccc2c(=O)cc(N3CCOCC3)oc12. The van der Waals surface area contributed by atoms with E-state index in [4.69, 9.17) is 9.15 Å². The predicted octanol–water partition coefficient (Wildman–Crippen LogP) is 2.27. The van der Waals surface area contributed by atoms with Crippen molar-refractivity contribution in [1.29, 1.82) is 0 Å². The van der Waals surface area contributed by atoms with Gasteiger partial charge in [0.05, 0.1) is 18.6 Å². The molecule has 1 aliphatic heterocycles. The van der Waals surface area contributed by atoms with Crippen molar-refractivity contribution >= 4 is 22.9 Å². The molecule has 0 unspecified atom stereocenters. The highest BCUT2D eigenvalue weighted by molar-refractivity contribution is 5.85. The number of rotatable bonds is 2. The van der Waals surface area contributed by atoms with E-state index >= 15 is 0 Å². The first-order valence-corrected chi connectivity index (χ1v) is 6.31. The normalized spacial score (nSPS) is 15.7. The molecular formula is C15H15NO3. The van der Waals surface area contributed by atoms with Crippen LogP contribution in [0.3, 0.4) is 0 Å². The summed E-state index contributed by atoms with van der Waals surface area (Å²) >= 11 is 0. The number of hydrogen-bond donors (Lipinski definition) is 0. The fourth-order valence-corrected chi connectivity index (χ4v) is 2.29. The van der Waals surface area contributed by atoms with Crippen molar-refractivity contribution in [2.75, 3.05) is 31.2 Å². The van der Waals surface area contributed by atoms with E-state index in [0.717, 1.165) is 18.7 Å². The molecule has 2 heterocycles. The molecule has 1 aromatic carbocycles. The molecule has 1 aromatic heterocycles. The predicted molar refractivity (Wildman–Crippen MR) is 75.6 cm³/mol. The van der Waals surface area contributed by atoms with E-state index in [1.807, 2.05) is 17.0 Å². The molecule has 0 N–H and O–H groups in total. The van der Waals surface area contributed by atoms with Crippen molar-refractivity contribution in [2.45, 2.75) is 0 Å². The van der Waals surface area contributed by atoms with Crippen LogP contribution < -0.4 is 10.3 Å². The van der Waals surface area contributed by atoms with Crippen LogP contribution in [0.15, 0.2) is 40.1 Å². The maximum absolute atomic E-state index is 12.2. The Balaban J connectivity index is 2.16. The number of hydrogen-bond acceptors (Lipinski definition) is 4. The molecule has 1 saturated heterocycles. The van der Waals surface area contributed by atoms with Gasteiger partial charge < -0.3 is 14.1 Å². The minimum absolute atomic E-state index is 0.0218. The molecule has 0 amide bonds. The molecule has 4 heteroatoms. The van der Waals surface area contributed by atoms with Gasteiger partial charge in [0.25, 0.3) is 0 Å². The second-order valence-electron chi connectivity index (χ2n) is 4.48. The van der Waals surface area contributed by atoms with Crippen molar-refractivity contribution < 1.29 is 9.15 Å². The van der Waals surface area contributed by atoms with Crippen LogP contribution in [-0.2, 0) is 4.74 Å². The fraction of sp³-hybridized carbons (Fsp3) is 0.267. The summed E-state index contributed by atoms with van der Waals surface area (Å²) in [5.41, 5.74) is 1.42. The van der Waals surface area contributed by atoms with Gasteiger partial charge in [0, 0.05) is 24.7 Å². The highest BCUT2D eigenvalue weighted by atomic mass is 16.5. The summed E-state index contributed by atoms with van der Waals surface area (Å²) in [4.78, 5) is 14.2. The first kappa shape index (κ1) is 12.0. The molecule has 0 aliphatic carbocycles. The van der Waals surface area contributed by atoms with Crippen LogP contribution in [0.5, 0.6) is 0 Å². The Hall–Kier alpha value is -2.07. The van der Waals surface area contributed by atoms with Gasteiger partial charge in [-0.1, -0.05) is 24.8 Å². The van der Waals surface area contributed by atoms with Gasteiger partial charge in [0.1, 0.15) is 5.58 Å². The van der Waals surface area contributed by atoms with Crippen LogP contribution in [0.4, 0.5) is 5.88 Å². The zero-order chi connectivity index (χ0) is 13.2. The van der Waals surface area contributed by atoms with Crippen molar-refractivity contribution in [3.05, 3.63) is 46.6 Å². The van der Waals surface area contributed by atoms with Crippen LogP contribution >= 0.6 is 0 Å². The number of morpholine rings is 1. The summed E-state index contributed by atoms with van der Waals surface area (Å²) in [6.45, 7) is 6.55. The van der Waals surface area contributed by atoms with E-state index in [2.05, 4.69) is 6.58 Å². The first-order chi connectivity index (χ1) is 9.29. The summed E-state index contributed by atoms with van der Waals surface area (Å²) in [6.07, 6.45) is 1.70. The highest BCUT2D eigenvalue weighted by Crippen LogP contribution is 2.23. The van der Waals surface area contributed by atoms with Gasteiger partial charge in [0.15, 0.2) is 11.3 Å². The Bertz CT molecular complexity index is 669. The summed E-state index contributed by atoms with van der Waals surface area (Å²) in [7, 11) is 0. The maximum atomic E-state index is 12.2. The number of nitrogens with zero attached hydrogens (tertiary/aromatic N) is 1. The largest absolute Gasteiger partial charge is 0.440 e. The van der Waals surface area contributed by atoms with E-state index in [0.29, 0.717) is 30.1 Å². The van der Waals surface area contributed by atoms with Crippen molar-refractivity contribution in [3.63, 3.8) is 0 Å². The van der Waals surface area contributed by atoms with Crippen LogP contribution in [0, 0.1) is 0 Å². The van der Waals surface area contributed by atoms with Crippen LogP contribution in [-0.4, -0.2) is 26.3 Å². The van der Waals surface area contributed by atoms with Gasteiger partial charge in [-0.3, -0.25) is 4.79 Å². The van der Waals surface area contributed by atoms with E-state index in [-0.39, 0.29) is 5.43 Å². The van der Waals surface area contributed by atoms with Gasteiger partial charge in [0.2, 0.25) is 0 Å². The summed E-state index contributed by atoms with van der Waals surface area (Å²) in [5, 5.41) is 0.592. The Morgan fingerprint density at radius 2 is 2.05 bits per heavy atom. The first-order valence-electron chi connectivity index (χ1n) is 6.31. The Labute approximate surface area is 110 Å². The summed E-state index contributed by atoms with van der Waals surface area (Å²) in [6, 6.07) is 7.06. The molecule has 0 atom stereocenters. The molecule has 4 nitrogen and oxygen atoms in total. The van der Waals surface area contributed by atoms with Gasteiger partial charge in [-0.05, 0) is 6.07 Å². The second kappa shape index (κ2) is 4.90. The second-order valence-corrected chi connectivity index (χ2v) is 4.48. The summed E-state index contributed by atoms with van der Waals surface area (Å²) < 4.78 is 11.2. The minimum atomic E-state index is -0.0218. The van der Waals surface area contributed by atoms with Gasteiger partial charge in [-0.25, -0.2) is 0 Å².